The number of hydrogen-bond donors (Lipinski definition) is 2. The van der Waals surface area contributed by atoms with E-state index in [9.17, 15) is 5.11 Å². The van der Waals surface area contributed by atoms with Gasteiger partial charge in [-0.25, -0.2) is 0 Å². The van der Waals surface area contributed by atoms with Crippen LogP contribution in [0.3, 0.4) is 0 Å². The third kappa shape index (κ3) is 4.22. The van der Waals surface area contributed by atoms with E-state index in [1.54, 1.807) is 6.92 Å². The molecule has 0 aliphatic heterocycles. The lowest BCUT2D eigenvalue weighted by molar-refractivity contribution is 0.0562. The maximum Gasteiger partial charge on any atom is 0.119 e. The van der Waals surface area contributed by atoms with Gasteiger partial charge in [0.15, 0.2) is 0 Å². The van der Waals surface area contributed by atoms with Crippen LogP contribution >= 0.6 is 0 Å². The van der Waals surface area contributed by atoms with Crippen molar-refractivity contribution in [2.45, 2.75) is 31.8 Å². The maximum absolute atomic E-state index is 9.79. The standard InChI is InChI=1S/C17H23NO2/c1-17(19,13-18)10-4-5-11-20-16-9-8-14-6-2-3-7-15(14)12-16/h2-3,6-9,12,19H,4-5,10-11,13,18H2,1H3. The van der Waals surface area contributed by atoms with Gasteiger partial charge in [-0.05, 0) is 49.1 Å². The normalized spacial score (nSPS) is 14.2. The van der Waals surface area contributed by atoms with Gasteiger partial charge in [0.05, 0.1) is 12.2 Å². The van der Waals surface area contributed by atoms with Gasteiger partial charge in [0, 0.05) is 6.54 Å². The van der Waals surface area contributed by atoms with Gasteiger partial charge in [-0.15, -0.1) is 0 Å². The fourth-order valence-corrected chi connectivity index (χ4v) is 2.16. The summed E-state index contributed by atoms with van der Waals surface area (Å²) in [5, 5.41) is 12.2. The van der Waals surface area contributed by atoms with Crippen LogP contribution < -0.4 is 10.5 Å². The van der Waals surface area contributed by atoms with Crippen LogP contribution in [0.1, 0.15) is 26.2 Å². The predicted molar refractivity (Wildman–Crippen MR) is 83.0 cm³/mol. The first-order chi connectivity index (χ1) is 9.61. The van der Waals surface area contributed by atoms with E-state index in [0.717, 1.165) is 18.6 Å². The summed E-state index contributed by atoms with van der Waals surface area (Å²) < 4.78 is 5.75. The highest BCUT2D eigenvalue weighted by molar-refractivity contribution is 5.83. The molecule has 108 valence electrons. The lowest BCUT2D eigenvalue weighted by atomic mass is 10.00. The van der Waals surface area contributed by atoms with Crippen LogP contribution in [-0.4, -0.2) is 23.9 Å². The Kier molecular flexibility index (Phi) is 4.99. The van der Waals surface area contributed by atoms with E-state index >= 15 is 0 Å². The topological polar surface area (TPSA) is 55.5 Å². The van der Waals surface area contributed by atoms with Gasteiger partial charge in [-0.1, -0.05) is 30.3 Å². The Bertz CT molecular complexity index is 551. The molecule has 3 N–H and O–H groups in total. The van der Waals surface area contributed by atoms with Gasteiger partial charge in [-0.3, -0.25) is 0 Å². The number of aliphatic hydroxyl groups is 1. The Balaban J connectivity index is 1.78. The quantitative estimate of drug-likeness (QED) is 0.762. The molecule has 1 atom stereocenters. The van der Waals surface area contributed by atoms with Crippen molar-refractivity contribution in [3.8, 4) is 5.75 Å². The van der Waals surface area contributed by atoms with Crippen LogP contribution in [0.25, 0.3) is 10.8 Å². The van der Waals surface area contributed by atoms with Crippen molar-refractivity contribution in [1.82, 2.24) is 0 Å². The lowest BCUT2D eigenvalue weighted by Crippen LogP contribution is -2.33. The first-order valence-corrected chi connectivity index (χ1v) is 7.15. The molecule has 0 saturated carbocycles. The second kappa shape index (κ2) is 6.73. The summed E-state index contributed by atoms with van der Waals surface area (Å²) in [7, 11) is 0. The van der Waals surface area contributed by atoms with Crippen LogP contribution in [0.2, 0.25) is 0 Å². The number of rotatable bonds is 7. The summed E-state index contributed by atoms with van der Waals surface area (Å²) in [6.07, 6.45) is 2.55. The molecule has 2 aromatic carbocycles. The highest BCUT2D eigenvalue weighted by Crippen LogP contribution is 2.21. The minimum atomic E-state index is -0.747. The van der Waals surface area contributed by atoms with Crippen molar-refractivity contribution in [2.24, 2.45) is 5.73 Å². The average Bonchev–Trinajstić information content (AvgIpc) is 2.46. The predicted octanol–water partition coefficient (Wildman–Crippen LogP) is 3.10. The summed E-state index contributed by atoms with van der Waals surface area (Å²) in [5.41, 5.74) is 4.74. The molecule has 0 aliphatic carbocycles. The zero-order valence-electron chi connectivity index (χ0n) is 12.0. The molecule has 0 amide bonds. The summed E-state index contributed by atoms with van der Waals surface area (Å²) in [6.45, 7) is 2.74. The first-order valence-electron chi connectivity index (χ1n) is 7.15. The van der Waals surface area contributed by atoms with Gasteiger partial charge < -0.3 is 15.6 Å². The minimum Gasteiger partial charge on any atom is -0.494 e. The molecular formula is C17H23NO2. The van der Waals surface area contributed by atoms with E-state index < -0.39 is 5.60 Å². The number of ether oxygens (including phenoxy) is 1. The van der Waals surface area contributed by atoms with E-state index in [0.29, 0.717) is 19.6 Å². The van der Waals surface area contributed by atoms with Gasteiger partial charge in [0.2, 0.25) is 0 Å². The van der Waals surface area contributed by atoms with Gasteiger partial charge in [0.1, 0.15) is 5.75 Å². The van der Waals surface area contributed by atoms with E-state index in [1.807, 2.05) is 18.2 Å². The fraction of sp³-hybridized carbons (Fsp3) is 0.412. The molecule has 2 rings (SSSR count). The minimum absolute atomic E-state index is 0.304. The lowest BCUT2D eigenvalue weighted by Gasteiger charge is -2.20. The Morgan fingerprint density at radius 1 is 1.10 bits per heavy atom. The summed E-state index contributed by atoms with van der Waals surface area (Å²) in [5.74, 6) is 0.897. The molecule has 0 aromatic heterocycles. The monoisotopic (exact) mass is 273 g/mol. The van der Waals surface area contributed by atoms with E-state index in [-0.39, 0.29) is 0 Å². The highest BCUT2D eigenvalue weighted by Gasteiger charge is 2.16. The molecule has 1 unspecified atom stereocenters. The molecular weight excluding hydrogens is 250 g/mol. The number of hydrogen-bond acceptors (Lipinski definition) is 3. The number of unbranched alkanes of at least 4 members (excludes halogenated alkanes) is 1. The van der Waals surface area contributed by atoms with Crippen LogP contribution in [-0.2, 0) is 0 Å². The molecule has 0 fully saturated rings. The number of fused-ring (bicyclic) bond motifs is 1. The first kappa shape index (κ1) is 14.8. The Morgan fingerprint density at radius 3 is 2.60 bits per heavy atom. The van der Waals surface area contributed by atoms with Crippen LogP contribution in [0.5, 0.6) is 5.75 Å². The second-order valence-electron chi connectivity index (χ2n) is 5.52. The van der Waals surface area contributed by atoms with Crippen molar-refractivity contribution in [2.75, 3.05) is 13.2 Å². The smallest absolute Gasteiger partial charge is 0.119 e. The molecule has 0 radical (unpaired) electrons. The second-order valence-corrected chi connectivity index (χ2v) is 5.52. The molecule has 0 saturated heterocycles. The number of benzene rings is 2. The number of nitrogens with two attached hydrogens (primary N) is 1. The molecule has 0 spiro atoms. The molecule has 2 aromatic rings. The summed E-state index contributed by atoms with van der Waals surface area (Å²) in [6, 6.07) is 14.4. The van der Waals surface area contributed by atoms with Crippen LogP contribution in [0, 0.1) is 0 Å². The highest BCUT2D eigenvalue weighted by atomic mass is 16.5. The largest absolute Gasteiger partial charge is 0.494 e. The van der Waals surface area contributed by atoms with Crippen molar-refractivity contribution in [1.29, 1.82) is 0 Å². The van der Waals surface area contributed by atoms with Gasteiger partial charge in [-0.2, -0.15) is 0 Å². The Labute approximate surface area is 120 Å². The third-order valence-electron chi connectivity index (χ3n) is 3.54. The molecule has 0 aliphatic rings. The molecule has 0 bridgehead atoms. The zero-order chi connectivity index (χ0) is 14.4. The van der Waals surface area contributed by atoms with E-state index in [4.69, 9.17) is 10.5 Å². The van der Waals surface area contributed by atoms with E-state index in [1.165, 1.54) is 10.8 Å². The van der Waals surface area contributed by atoms with E-state index in [2.05, 4.69) is 24.3 Å². The van der Waals surface area contributed by atoms with Gasteiger partial charge >= 0.3 is 0 Å². The summed E-state index contributed by atoms with van der Waals surface area (Å²) in [4.78, 5) is 0. The fourth-order valence-electron chi connectivity index (χ4n) is 2.16. The molecule has 0 heterocycles. The van der Waals surface area contributed by atoms with Crippen molar-refractivity contribution in [3.63, 3.8) is 0 Å². The average molecular weight is 273 g/mol. The molecule has 3 heteroatoms. The van der Waals surface area contributed by atoms with Crippen LogP contribution in [0.4, 0.5) is 0 Å². The van der Waals surface area contributed by atoms with Crippen molar-refractivity contribution < 1.29 is 9.84 Å². The Morgan fingerprint density at radius 2 is 1.85 bits per heavy atom. The molecule has 20 heavy (non-hydrogen) atoms. The van der Waals surface area contributed by atoms with Gasteiger partial charge in [0.25, 0.3) is 0 Å². The molecule has 3 nitrogen and oxygen atoms in total. The van der Waals surface area contributed by atoms with Crippen LogP contribution in [0.15, 0.2) is 42.5 Å². The maximum atomic E-state index is 9.79. The van der Waals surface area contributed by atoms with Crippen molar-refractivity contribution >= 4 is 10.8 Å². The van der Waals surface area contributed by atoms with Crippen molar-refractivity contribution in [3.05, 3.63) is 42.5 Å². The third-order valence-corrected chi connectivity index (χ3v) is 3.54. The SMILES string of the molecule is CC(O)(CN)CCCCOc1ccc2ccccc2c1. The summed E-state index contributed by atoms with van der Waals surface area (Å²) >= 11 is 0. The zero-order valence-corrected chi connectivity index (χ0v) is 12.0. The Hall–Kier alpha value is -1.58.